The fourth-order valence-corrected chi connectivity index (χ4v) is 4.95. The fourth-order valence-electron chi connectivity index (χ4n) is 4.95. The summed E-state index contributed by atoms with van der Waals surface area (Å²) >= 11 is 0. The van der Waals surface area contributed by atoms with Gasteiger partial charge in [-0.2, -0.15) is 0 Å². The van der Waals surface area contributed by atoms with Crippen LogP contribution in [0.25, 0.3) is 5.76 Å². The third-order valence-corrected chi connectivity index (χ3v) is 7.09. The largest absolute Gasteiger partial charge is 0.507 e. The van der Waals surface area contributed by atoms with E-state index in [4.69, 9.17) is 14.2 Å². The summed E-state index contributed by atoms with van der Waals surface area (Å²) in [7, 11) is 3.03. The molecule has 4 rings (SSSR count). The third-order valence-electron chi connectivity index (χ3n) is 7.09. The van der Waals surface area contributed by atoms with Crippen LogP contribution in [0.3, 0.4) is 0 Å². The zero-order valence-electron chi connectivity index (χ0n) is 22.0. The minimum absolute atomic E-state index is 0.0842. The third kappa shape index (κ3) is 5.65. The van der Waals surface area contributed by atoms with Crippen LogP contribution in [0.2, 0.25) is 0 Å². The lowest BCUT2D eigenvalue weighted by Crippen LogP contribution is -2.38. The monoisotopic (exact) mass is 508 g/mol. The smallest absolute Gasteiger partial charge is 0.295 e. The second kappa shape index (κ2) is 11.8. The highest BCUT2D eigenvalue weighted by Gasteiger charge is 2.45. The number of aliphatic hydroxyl groups is 1. The fraction of sp³-hybridized carbons (Fsp3) is 0.448. The molecule has 2 saturated heterocycles. The average Bonchev–Trinajstić information content (AvgIpc) is 3.18. The Morgan fingerprint density at radius 3 is 2.30 bits per heavy atom. The summed E-state index contributed by atoms with van der Waals surface area (Å²) in [5.74, 6) is -0.236. The van der Waals surface area contributed by atoms with Crippen LogP contribution >= 0.6 is 0 Å². The summed E-state index contributed by atoms with van der Waals surface area (Å²) < 4.78 is 16.1. The highest BCUT2D eigenvalue weighted by molar-refractivity contribution is 6.46. The molecular formula is C29H36N2O6. The number of morpholine rings is 1. The van der Waals surface area contributed by atoms with E-state index < -0.39 is 17.7 Å². The van der Waals surface area contributed by atoms with Gasteiger partial charge in [-0.15, -0.1) is 0 Å². The number of carbonyl (C=O) groups is 2. The molecule has 1 N–H and O–H groups in total. The second-order valence-corrected chi connectivity index (χ2v) is 9.69. The first-order valence-corrected chi connectivity index (χ1v) is 12.8. The molecule has 2 fully saturated rings. The number of benzene rings is 2. The van der Waals surface area contributed by atoms with Gasteiger partial charge in [0.25, 0.3) is 11.7 Å². The molecule has 2 aromatic carbocycles. The molecule has 0 saturated carbocycles. The maximum Gasteiger partial charge on any atom is 0.295 e. The molecule has 0 spiro atoms. The number of likely N-dealkylation sites (tertiary alicyclic amines) is 1. The molecule has 0 aromatic heterocycles. The molecule has 0 radical (unpaired) electrons. The van der Waals surface area contributed by atoms with Gasteiger partial charge in [0.15, 0.2) is 11.5 Å². The maximum absolute atomic E-state index is 13.3. The van der Waals surface area contributed by atoms with Crippen LogP contribution in [0.1, 0.15) is 48.9 Å². The number of ether oxygens (including phenoxy) is 3. The van der Waals surface area contributed by atoms with Gasteiger partial charge in [-0.25, -0.2) is 0 Å². The van der Waals surface area contributed by atoms with E-state index >= 15 is 0 Å². The van der Waals surface area contributed by atoms with Gasteiger partial charge in [-0.05, 0) is 41.7 Å². The quantitative estimate of drug-likeness (QED) is 0.312. The number of carbonyl (C=O) groups excluding carboxylic acids is 2. The maximum atomic E-state index is 13.3. The van der Waals surface area contributed by atoms with Gasteiger partial charge >= 0.3 is 0 Å². The predicted molar refractivity (Wildman–Crippen MR) is 141 cm³/mol. The summed E-state index contributed by atoms with van der Waals surface area (Å²) in [4.78, 5) is 30.5. The van der Waals surface area contributed by atoms with Crippen molar-refractivity contribution in [2.24, 2.45) is 0 Å². The normalized spacial score (nSPS) is 20.0. The number of hydrogen-bond donors (Lipinski definition) is 1. The topological polar surface area (TPSA) is 88.5 Å². The SMILES string of the molecule is COc1ccc(C(O)=C2C(=O)C(=O)N(CCCN3CCOCC3)[C@@H]2c2ccc(C(C)C)cc2)cc1OC. The van der Waals surface area contributed by atoms with Gasteiger partial charge in [0.05, 0.1) is 39.0 Å². The Hall–Kier alpha value is -3.36. The van der Waals surface area contributed by atoms with E-state index in [1.54, 1.807) is 23.1 Å². The predicted octanol–water partition coefficient (Wildman–Crippen LogP) is 3.97. The van der Waals surface area contributed by atoms with E-state index in [9.17, 15) is 14.7 Å². The van der Waals surface area contributed by atoms with Crippen molar-refractivity contribution in [3.05, 3.63) is 64.7 Å². The van der Waals surface area contributed by atoms with Crippen LogP contribution in [-0.2, 0) is 14.3 Å². The van der Waals surface area contributed by atoms with Gasteiger partial charge in [0.2, 0.25) is 0 Å². The number of rotatable bonds is 9. The molecule has 1 atom stereocenters. The molecular weight excluding hydrogens is 472 g/mol. The van der Waals surface area contributed by atoms with Crippen molar-refractivity contribution in [3.8, 4) is 11.5 Å². The van der Waals surface area contributed by atoms with Crippen LogP contribution in [0.4, 0.5) is 0 Å². The molecule has 0 bridgehead atoms. The lowest BCUT2D eigenvalue weighted by Gasteiger charge is -2.29. The molecule has 8 nitrogen and oxygen atoms in total. The number of methoxy groups -OCH3 is 2. The van der Waals surface area contributed by atoms with Crippen molar-refractivity contribution >= 4 is 17.4 Å². The molecule has 198 valence electrons. The summed E-state index contributed by atoms with van der Waals surface area (Å²) in [6.45, 7) is 8.57. The molecule has 2 heterocycles. The van der Waals surface area contributed by atoms with E-state index in [0.717, 1.165) is 30.8 Å². The van der Waals surface area contributed by atoms with Crippen LogP contribution in [-0.4, -0.2) is 80.2 Å². The molecule has 2 aliphatic rings. The first-order valence-electron chi connectivity index (χ1n) is 12.8. The number of nitrogens with zero attached hydrogens (tertiary/aromatic N) is 2. The van der Waals surface area contributed by atoms with Crippen molar-refractivity contribution in [1.82, 2.24) is 9.80 Å². The highest BCUT2D eigenvalue weighted by atomic mass is 16.5. The summed E-state index contributed by atoms with van der Waals surface area (Å²) in [6.07, 6.45) is 0.712. The number of hydrogen-bond acceptors (Lipinski definition) is 7. The minimum atomic E-state index is -0.684. The Balaban J connectivity index is 1.71. The van der Waals surface area contributed by atoms with Crippen LogP contribution < -0.4 is 9.47 Å². The molecule has 2 aliphatic heterocycles. The number of aliphatic hydroxyl groups excluding tert-OH is 1. The Bertz CT molecular complexity index is 1150. The van der Waals surface area contributed by atoms with Crippen LogP contribution in [0, 0.1) is 0 Å². The van der Waals surface area contributed by atoms with Crippen molar-refractivity contribution in [2.75, 3.05) is 53.6 Å². The van der Waals surface area contributed by atoms with Crippen molar-refractivity contribution in [3.63, 3.8) is 0 Å². The Morgan fingerprint density at radius 2 is 1.68 bits per heavy atom. The average molecular weight is 509 g/mol. The molecule has 0 aliphatic carbocycles. The zero-order chi connectivity index (χ0) is 26.5. The first kappa shape index (κ1) is 26.7. The van der Waals surface area contributed by atoms with E-state index in [1.807, 2.05) is 24.3 Å². The number of Topliss-reactive ketones (excluding diaryl/α,β-unsaturated/α-hetero) is 1. The molecule has 37 heavy (non-hydrogen) atoms. The van der Waals surface area contributed by atoms with E-state index in [2.05, 4.69) is 18.7 Å². The Kier molecular flexibility index (Phi) is 8.51. The Labute approximate surface area is 218 Å². The van der Waals surface area contributed by atoms with Crippen molar-refractivity contribution in [2.45, 2.75) is 32.2 Å². The molecule has 2 aromatic rings. The standard InChI is InChI=1S/C29H36N2O6/c1-19(2)20-6-8-21(9-7-20)26-25(27(32)22-10-11-23(35-3)24(18-22)36-4)28(33)29(34)31(26)13-5-12-30-14-16-37-17-15-30/h6-11,18-19,26,32H,5,12-17H2,1-4H3/t26-/m1/s1. The minimum Gasteiger partial charge on any atom is -0.507 e. The summed E-state index contributed by atoms with van der Waals surface area (Å²) in [5, 5.41) is 11.4. The lowest BCUT2D eigenvalue weighted by molar-refractivity contribution is -0.140. The van der Waals surface area contributed by atoms with Crippen LogP contribution in [0.5, 0.6) is 11.5 Å². The second-order valence-electron chi connectivity index (χ2n) is 9.69. The van der Waals surface area contributed by atoms with E-state index in [0.29, 0.717) is 49.2 Å². The zero-order valence-corrected chi connectivity index (χ0v) is 22.0. The summed E-state index contributed by atoms with van der Waals surface area (Å²) in [5.41, 5.74) is 2.42. The number of ketones is 1. The van der Waals surface area contributed by atoms with Crippen molar-refractivity contribution < 1.29 is 28.9 Å². The van der Waals surface area contributed by atoms with Crippen LogP contribution in [0.15, 0.2) is 48.0 Å². The van der Waals surface area contributed by atoms with Gasteiger partial charge in [0.1, 0.15) is 5.76 Å². The first-order chi connectivity index (χ1) is 17.8. The summed E-state index contributed by atoms with van der Waals surface area (Å²) in [6, 6.07) is 12.2. The van der Waals surface area contributed by atoms with Gasteiger partial charge in [-0.1, -0.05) is 38.1 Å². The highest BCUT2D eigenvalue weighted by Crippen LogP contribution is 2.41. The lowest BCUT2D eigenvalue weighted by atomic mass is 9.93. The van der Waals surface area contributed by atoms with Gasteiger partial charge in [-0.3, -0.25) is 14.5 Å². The van der Waals surface area contributed by atoms with Gasteiger partial charge in [0, 0.05) is 31.7 Å². The molecule has 1 amide bonds. The van der Waals surface area contributed by atoms with Gasteiger partial charge < -0.3 is 24.2 Å². The molecule has 8 heteroatoms. The van der Waals surface area contributed by atoms with Crippen molar-refractivity contribution in [1.29, 1.82) is 0 Å². The Morgan fingerprint density at radius 1 is 1.00 bits per heavy atom. The van der Waals surface area contributed by atoms with E-state index in [-0.39, 0.29) is 11.3 Å². The molecule has 0 unspecified atom stereocenters. The van der Waals surface area contributed by atoms with E-state index in [1.165, 1.54) is 14.2 Å². The number of amides is 1.